The number of rotatable bonds is 5. The lowest BCUT2D eigenvalue weighted by Crippen LogP contribution is -2.14. The number of carbonyl (C=O) groups is 1. The van der Waals surface area contributed by atoms with E-state index in [0.29, 0.717) is 0 Å². The lowest BCUT2D eigenvalue weighted by molar-refractivity contribution is -0.131. The molecule has 20 heavy (non-hydrogen) atoms. The van der Waals surface area contributed by atoms with Crippen molar-refractivity contribution in [3.63, 3.8) is 0 Å². The van der Waals surface area contributed by atoms with E-state index in [9.17, 15) is 18.0 Å². The Bertz CT molecular complexity index is 543. The summed E-state index contributed by atoms with van der Waals surface area (Å²) < 4.78 is 36.2. The minimum atomic E-state index is -4.28. The minimum absolute atomic E-state index is 0.0289. The van der Waals surface area contributed by atoms with Crippen LogP contribution >= 0.6 is 11.3 Å². The first-order chi connectivity index (χ1) is 9.17. The average Bonchev–Trinajstić information content (AvgIpc) is 2.63. The van der Waals surface area contributed by atoms with Crippen LogP contribution in [-0.2, 0) is 0 Å². The van der Waals surface area contributed by atoms with Crippen LogP contribution in [0, 0.1) is 17.2 Å². The van der Waals surface area contributed by atoms with E-state index in [-0.39, 0.29) is 39.4 Å². The van der Waals surface area contributed by atoms with Gasteiger partial charge in [-0.15, -0.1) is 11.3 Å². The maximum atomic E-state index is 12.1. The zero-order chi connectivity index (χ0) is 15.5. The summed E-state index contributed by atoms with van der Waals surface area (Å²) in [6, 6.07) is 1.82. The molecule has 0 spiro atoms. The van der Waals surface area contributed by atoms with Crippen molar-refractivity contribution in [2.75, 3.05) is 17.6 Å². The Balaban J connectivity index is 2.95. The van der Waals surface area contributed by atoms with E-state index in [1.165, 1.54) is 0 Å². The van der Waals surface area contributed by atoms with Crippen molar-refractivity contribution in [3.8, 4) is 6.07 Å². The number of hydrogen-bond donors (Lipinski definition) is 2. The fraction of sp³-hybridized carbons (Fsp3) is 0.500. The molecule has 4 nitrogen and oxygen atoms in total. The van der Waals surface area contributed by atoms with Gasteiger partial charge >= 0.3 is 6.18 Å². The third-order valence-electron chi connectivity index (χ3n) is 2.50. The van der Waals surface area contributed by atoms with E-state index in [0.717, 1.165) is 11.3 Å². The van der Waals surface area contributed by atoms with Gasteiger partial charge in [0.1, 0.15) is 16.6 Å². The molecule has 110 valence electrons. The highest BCUT2D eigenvalue weighted by atomic mass is 32.1. The summed E-state index contributed by atoms with van der Waals surface area (Å²) in [6.07, 6.45) is -5.30. The number of Topliss-reactive ketones (excluding diaryl/α,β-unsaturated/α-hetero) is 1. The molecule has 8 heteroatoms. The first-order valence-electron chi connectivity index (χ1n) is 5.84. The number of anilines is 2. The Hall–Kier alpha value is -1.75. The van der Waals surface area contributed by atoms with Crippen molar-refractivity contribution in [3.05, 3.63) is 10.4 Å². The molecule has 1 aromatic heterocycles. The van der Waals surface area contributed by atoms with Crippen molar-refractivity contribution in [1.82, 2.24) is 0 Å². The monoisotopic (exact) mass is 305 g/mol. The van der Waals surface area contributed by atoms with Crippen LogP contribution in [0.25, 0.3) is 0 Å². The molecule has 0 radical (unpaired) electrons. The number of nitrogen functional groups attached to an aromatic ring is 1. The smallest absolute Gasteiger partial charge is 0.390 e. The van der Waals surface area contributed by atoms with Crippen LogP contribution in [0.4, 0.5) is 23.9 Å². The molecule has 0 fully saturated rings. The number of halogens is 3. The largest absolute Gasteiger partial charge is 0.396 e. The number of thiophene rings is 1. The van der Waals surface area contributed by atoms with Gasteiger partial charge in [-0.1, -0.05) is 13.8 Å². The number of nitrogens with zero attached hydrogens (tertiary/aromatic N) is 1. The van der Waals surface area contributed by atoms with E-state index >= 15 is 0 Å². The molecule has 0 aliphatic carbocycles. The lowest BCUT2D eigenvalue weighted by Gasteiger charge is -2.07. The highest BCUT2D eigenvalue weighted by Gasteiger charge is 2.27. The minimum Gasteiger partial charge on any atom is -0.396 e. The molecule has 0 amide bonds. The van der Waals surface area contributed by atoms with Crippen molar-refractivity contribution in [1.29, 1.82) is 5.26 Å². The predicted molar refractivity (Wildman–Crippen MR) is 71.8 cm³/mol. The number of hydrogen-bond acceptors (Lipinski definition) is 5. The average molecular weight is 305 g/mol. The fourth-order valence-electron chi connectivity index (χ4n) is 1.44. The number of nitriles is 1. The number of ketones is 1. The summed E-state index contributed by atoms with van der Waals surface area (Å²) in [4.78, 5) is 12.1. The summed E-state index contributed by atoms with van der Waals surface area (Å²) in [5.41, 5.74) is 5.78. The first-order valence-corrected chi connectivity index (χ1v) is 6.66. The second-order valence-electron chi connectivity index (χ2n) is 4.47. The van der Waals surface area contributed by atoms with Gasteiger partial charge in [-0.25, -0.2) is 0 Å². The molecule has 0 aliphatic rings. The van der Waals surface area contributed by atoms with E-state index in [4.69, 9.17) is 11.0 Å². The zero-order valence-electron chi connectivity index (χ0n) is 11.0. The molecule has 1 aromatic rings. The second-order valence-corrected chi connectivity index (χ2v) is 5.49. The van der Waals surface area contributed by atoms with Gasteiger partial charge in [-0.05, 0) is 0 Å². The predicted octanol–water partition coefficient (Wildman–Crippen LogP) is 3.40. The van der Waals surface area contributed by atoms with Crippen LogP contribution in [0.2, 0.25) is 0 Å². The Kier molecular flexibility index (Phi) is 5.00. The number of alkyl halides is 3. The highest BCUT2D eigenvalue weighted by molar-refractivity contribution is 7.19. The Morgan fingerprint density at radius 2 is 2.10 bits per heavy atom. The molecule has 0 aromatic carbocycles. The standard InChI is InChI=1S/C12H14F3N3OS/c1-6(2)9(19)10-8(17)7(5-16)11(20-10)18-4-3-12(13,14)15/h6,18H,3-4,17H2,1-2H3. The molecule has 0 saturated heterocycles. The van der Waals surface area contributed by atoms with Crippen LogP contribution in [0.3, 0.4) is 0 Å². The molecule has 0 bridgehead atoms. The first kappa shape index (κ1) is 16.3. The summed E-state index contributed by atoms with van der Waals surface area (Å²) in [5.74, 6) is -0.529. The van der Waals surface area contributed by atoms with Gasteiger partial charge in [0.2, 0.25) is 0 Å². The molecule has 0 unspecified atom stereocenters. The van der Waals surface area contributed by atoms with Gasteiger partial charge < -0.3 is 11.1 Å². The van der Waals surface area contributed by atoms with Crippen molar-refractivity contribution >= 4 is 27.8 Å². The Morgan fingerprint density at radius 1 is 1.50 bits per heavy atom. The molecular formula is C12H14F3N3OS. The van der Waals surface area contributed by atoms with E-state index < -0.39 is 12.6 Å². The fourth-order valence-corrected chi connectivity index (χ4v) is 2.63. The third-order valence-corrected chi connectivity index (χ3v) is 3.68. The van der Waals surface area contributed by atoms with Crippen LogP contribution in [0.5, 0.6) is 0 Å². The number of nitrogens with one attached hydrogen (secondary N) is 1. The van der Waals surface area contributed by atoms with Crippen LogP contribution in [0.1, 0.15) is 35.5 Å². The van der Waals surface area contributed by atoms with E-state index in [1.54, 1.807) is 13.8 Å². The van der Waals surface area contributed by atoms with Gasteiger partial charge in [0.05, 0.1) is 17.0 Å². The van der Waals surface area contributed by atoms with Crippen LogP contribution < -0.4 is 11.1 Å². The molecule has 0 aliphatic heterocycles. The van der Waals surface area contributed by atoms with Crippen LogP contribution in [0.15, 0.2) is 0 Å². The quantitative estimate of drug-likeness (QED) is 0.817. The van der Waals surface area contributed by atoms with Gasteiger partial charge in [-0.2, -0.15) is 18.4 Å². The highest BCUT2D eigenvalue weighted by Crippen LogP contribution is 2.36. The van der Waals surface area contributed by atoms with Gasteiger partial charge in [0.25, 0.3) is 0 Å². The summed E-state index contributed by atoms with van der Waals surface area (Å²) >= 11 is 0.922. The molecule has 0 atom stereocenters. The van der Waals surface area contributed by atoms with Crippen molar-refractivity contribution in [2.45, 2.75) is 26.4 Å². The summed E-state index contributed by atoms with van der Waals surface area (Å²) in [7, 11) is 0. The van der Waals surface area contributed by atoms with Gasteiger partial charge in [0, 0.05) is 12.5 Å². The lowest BCUT2D eigenvalue weighted by atomic mass is 10.1. The summed E-state index contributed by atoms with van der Waals surface area (Å²) in [5, 5.41) is 11.7. The summed E-state index contributed by atoms with van der Waals surface area (Å²) in [6.45, 7) is 3.00. The normalized spacial score (nSPS) is 11.4. The molecule has 0 saturated carbocycles. The Labute approximate surface area is 118 Å². The molecular weight excluding hydrogens is 291 g/mol. The molecule has 1 heterocycles. The number of carbonyl (C=O) groups excluding carboxylic acids is 1. The Morgan fingerprint density at radius 3 is 2.55 bits per heavy atom. The third kappa shape index (κ3) is 3.87. The van der Waals surface area contributed by atoms with E-state index in [2.05, 4.69) is 5.32 Å². The van der Waals surface area contributed by atoms with Gasteiger partial charge in [-0.3, -0.25) is 4.79 Å². The SMILES string of the molecule is CC(C)C(=O)c1sc(NCCC(F)(F)F)c(C#N)c1N. The molecule has 3 N–H and O–H groups in total. The maximum Gasteiger partial charge on any atom is 0.390 e. The topological polar surface area (TPSA) is 78.9 Å². The van der Waals surface area contributed by atoms with E-state index in [1.807, 2.05) is 6.07 Å². The van der Waals surface area contributed by atoms with Crippen LogP contribution in [-0.4, -0.2) is 18.5 Å². The second kappa shape index (κ2) is 6.13. The zero-order valence-corrected chi connectivity index (χ0v) is 11.8. The number of nitrogens with two attached hydrogens (primary N) is 1. The maximum absolute atomic E-state index is 12.1. The van der Waals surface area contributed by atoms with Crippen molar-refractivity contribution in [2.24, 2.45) is 5.92 Å². The van der Waals surface area contributed by atoms with Gasteiger partial charge in [0.15, 0.2) is 5.78 Å². The van der Waals surface area contributed by atoms with Crippen molar-refractivity contribution < 1.29 is 18.0 Å². The molecule has 1 rings (SSSR count).